The lowest BCUT2D eigenvalue weighted by atomic mass is 11.0. The van der Waals surface area contributed by atoms with E-state index in [1.165, 1.54) is 0 Å². The SMILES string of the molecule is CCBr.CS(=O)(=O)O. The van der Waals surface area contributed by atoms with Crippen LogP contribution in [0.2, 0.25) is 0 Å². The van der Waals surface area contributed by atoms with Gasteiger partial charge in [-0.05, 0) is 0 Å². The van der Waals surface area contributed by atoms with Crippen LogP contribution in [-0.2, 0) is 10.1 Å². The van der Waals surface area contributed by atoms with E-state index >= 15 is 0 Å². The molecule has 0 radical (unpaired) electrons. The van der Waals surface area contributed by atoms with Crippen LogP contribution in [0.25, 0.3) is 0 Å². The molecule has 1 N–H and O–H groups in total. The molecule has 3 nitrogen and oxygen atoms in total. The van der Waals surface area contributed by atoms with Crippen LogP contribution in [0.15, 0.2) is 0 Å². The van der Waals surface area contributed by atoms with Crippen molar-refractivity contribution in [1.82, 2.24) is 0 Å². The van der Waals surface area contributed by atoms with E-state index in [0.29, 0.717) is 6.26 Å². The van der Waals surface area contributed by atoms with Crippen LogP contribution in [0.1, 0.15) is 6.92 Å². The van der Waals surface area contributed by atoms with Crippen molar-refractivity contribution >= 4 is 26.0 Å². The zero-order valence-electron chi connectivity index (χ0n) is 4.76. The fraction of sp³-hybridized carbons (Fsp3) is 1.00. The summed E-state index contributed by atoms with van der Waals surface area (Å²) in [5.74, 6) is 0. The number of hydrogen-bond acceptors (Lipinski definition) is 2. The lowest BCUT2D eigenvalue weighted by Crippen LogP contribution is -1.88. The third-order valence-corrected chi connectivity index (χ3v) is 0. The molecule has 0 rings (SSSR count). The smallest absolute Gasteiger partial charge is 0.261 e. The van der Waals surface area contributed by atoms with E-state index in [9.17, 15) is 8.42 Å². The van der Waals surface area contributed by atoms with E-state index in [1.807, 2.05) is 6.92 Å². The Balaban J connectivity index is 0. The summed E-state index contributed by atoms with van der Waals surface area (Å²) >= 11 is 3.15. The van der Waals surface area contributed by atoms with Crippen LogP contribution < -0.4 is 0 Å². The van der Waals surface area contributed by atoms with Gasteiger partial charge in [0.05, 0.1) is 6.26 Å². The Hall–Kier alpha value is 0.390. The Kier molecular flexibility index (Phi) is 7.75. The first-order valence-corrected chi connectivity index (χ1v) is 4.87. The van der Waals surface area contributed by atoms with Gasteiger partial charge in [0, 0.05) is 5.33 Å². The highest BCUT2D eigenvalue weighted by Gasteiger charge is 1.81. The molecule has 8 heavy (non-hydrogen) atoms. The molecule has 0 spiro atoms. The van der Waals surface area contributed by atoms with E-state index in [4.69, 9.17) is 4.55 Å². The highest BCUT2D eigenvalue weighted by atomic mass is 79.9. The Bertz CT molecular complexity index is 108. The molecule has 0 saturated heterocycles. The third-order valence-electron chi connectivity index (χ3n) is 0. The van der Waals surface area contributed by atoms with E-state index in [0.717, 1.165) is 5.33 Å². The number of halogens is 1. The largest absolute Gasteiger partial charge is 0.286 e. The molecule has 0 amide bonds. The van der Waals surface area contributed by atoms with Crippen molar-refractivity contribution < 1.29 is 13.0 Å². The molecule has 0 aromatic heterocycles. The summed E-state index contributed by atoms with van der Waals surface area (Å²) < 4.78 is 25.9. The maximum Gasteiger partial charge on any atom is 0.261 e. The normalized spacial score (nSPS) is 9.50. The maximum atomic E-state index is 9.19. The fourth-order valence-corrected chi connectivity index (χ4v) is 0. The quantitative estimate of drug-likeness (QED) is 0.472. The summed E-state index contributed by atoms with van der Waals surface area (Å²) in [4.78, 5) is 0. The zero-order chi connectivity index (χ0) is 7.21. The van der Waals surface area contributed by atoms with Gasteiger partial charge in [0.2, 0.25) is 0 Å². The summed E-state index contributed by atoms with van der Waals surface area (Å²) in [7, 11) is -3.67. The van der Waals surface area contributed by atoms with Gasteiger partial charge in [-0.3, -0.25) is 4.55 Å². The molecule has 0 aliphatic carbocycles. The highest BCUT2D eigenvalue weighted by Crippen LogP contribution is 1.67. The van der Waals surface area contributed by atoms with E-state index in [1.54, 1.807) is 0 Å². The monoisotopic (exact) mass is 204 g/mol. The van der Waals surface area contributed by atoms with Gasteiger partial charge in [0.1, 0.15) is 0 Å². The molecule has 52 valence electrons. The topological polar surface area (TPSA) is 54.4 Å². The Morgan fingerprint density at radius 2 is 1.62 bits per heavy atom. The number of rotatable bonds is 0. The van der Waals surface area contributed by atoms with Gasteiger partial charge in [-0.25, -0.2) is 0 Å². The van der Waals surface area contributed by atoms with Crippen molar-refractivity contribution in [3.05, 3.63) is 0 Å². The first kappa shape index (κ1) is 11.2. The summed E-state index contributed by atoms with van der Waals surface area (Å²) in [6.45, 7) is 2.04. The van der Waals surface area contributed by atoms with Gasteiger partial charge >= 0.3 is 0 Å². The zero-order valence-corrected chi connectivity index (χ0v) is 7.16. The second kappa shape index (κ2) is 5.53. The minimum atomic E-state index is -3.67. The van der Waals surface area contributed by atoms with Gasteiger partial charge in [-0.1, -0.05) is 22.9 Å². The Morgan fingerprint density at radius 3 is 1.62 bits per heavy atom. The molecule has 0 heterocycles. The Labute approximate surface area is 58.0 Å². The lowest BCUT2D eigenvalue weighted by Gasteiger charge is -1.69. The summed E-state index contributed by atoms with van der Waals surface area (Å²) in [5, 5.41) is 1.06. The van der Waals surface area contributed by atoms with Crippen LogP contribution >= 0.6 is 15.9 Å². The number of alkyl halides is 1. The van der Waals surface area contributed by atoms with Crippen LogP contribution in [0.3, 0.4) is 0 Å². The predicted molar refractivity (Wildman–Crippen MR) is 36.9 cm³/mol. The van der Waals surface area contributed by atoms with Crippen molar-refractivity contribution in [3.8, 4) is 0 Å². The lowest BCUT2D eigenvalue weighted by molar-refractivity contribution is 0.490. The molecule has 0 fully saturated rings. The molecule has 0 unspecified atom stereocenters. The Morgan fingerprint density at radius 1 is 1.62 bits per heavy atom. The van der Waals surface area contributed by atoms with Crippen LogP contribution in [-0.4, -0.2) is 24.6 Å². The number of hydrogen-bond donors (Lipinski definition) is 1. The van der Waals surface area contributed by atoms with Crippen LogP contribution in [0.4, 0.5) is 0 Å². The molecule has 0 saturated carbocycles. The van der Waals surface area contributed by atoms with Crippen molar-refractivity contribution in [1.29, 1.82) is 0 Å². The molecule has 0 bridgehead atoms. The second-order valence-corrected chi connectivity index (χ2v) is 3.59. The van der Waals surface area contributed by atoms with Crippen LogP contribution in [0, 0.1) is 0 Å². The van der Waals surface area contributed by atoms with Crippen molar-refractivity contribution in [3.63, 3.8) is 0 Å². The fourth-order valence-electron chi connectivity index (χ4n) is 0. The molecule has 0 aliphatic heterocycles. The molecular formula is C3H9BrO3S. The van der Waals surface area contributed by atoms with Gasteiger partial charge in [-0.2, -0.15) is 8.42 Å². The average molecular weight is 205 g/mol. The van der Waals surface area contributed by atoms with Crippen molar-refractivity contribution in [2.45, 2.75) is 6.92 Å². The van der Waals surface area contributed by atoms with Crippen molar-refractivity contribution in [2.24, 2.45) is 0 Å². The summed E-state index contributed by atoms with van der Waals surface area (Å²) in [6.07, 6.45) is 0.715. The van der Waals surface area contributed by atoms with Gasteiger partial charge in [-0.15, -0.1) is 0 Å². The first-order chi connectivity index (χ1) is 3.41. The predicted octanol–water partition coefficient (Wildman–Crippen LogP) is 0.905. The standard InChI is InChI=1S/C2H5Br.CH4O3S/c1-2-3;1-5(2,3)4/h2H2,1H3;1H3,(H,2,3,4). The van der Waals surface area contributed by atoms with E-state index < -0.39 is 10.1 Å². The van der Waals surface area contributed by atoms with E-state index in [2.05, 4.69) is 15.9 Å². The summed E-state index contributed by atoms with van der Waals surface area (Å²) in [5.41, 5.74) is 0. The van der Waals surface area contributed by atoms with Crippen LogP contribution in [0.5, 0.6) is 0 Å². The second-order valence-electron chi connectivity index (χ2n) is 1.00. The van der Waals surface area contributed by atoms with Gasteiger partial charge in [0.15, 0.2) is 0 Å². The molecule has 0 atom stereocenters. The average Bonchev–Trinajstić information content (AvgIpc) is 1.27. The first-order valence-electron chi connectivity index (χ1n) is 1.90. The van der Waals surface area contributed by atoms with Gasteiger partial charge in [0.25, 0.3) is 10.1 Å². The van der Waals surface area contributed by atoms with Crippen molar-refractivity contribution in [2.75, 3.05) is 11.6 Å². The summed E-state index contributed by atoms with van der Waals surface area (Å²) in [6, 6.07) is 0. The van der Waals surface area contributed by atoms with Gasteiger partial charge < -0.3 is 0 Å². The minimum absolute atomic E-state index is 0.715. The molecular weight excluding hydrogens is 196 g/mol. The van der Waals surface area contributed by atoms with E-state index in [-0.39, 0.29) is 0 Å². The molecule has 0 aromatic carbocycles. The molecule has 0 aliphatic rings. The minimum Gasteiger partial charge on any atom is -0.286 e. The maximum absolute atomic E-state index is 9.19. The molecule has 0 aromatic rings. The highest BCUT2D eigenvalue weighted by molar-refractivity contribution is 9.09. The third kappa shape index (κ3) is 1220. The molecule has 5 heteroatoms.